The molecule has 3 aromatic rings. The van der Waals surface area contributed by atoms with Gasteiger partial charge in [-0.05, 0) is 12.1 Å². The third-order valence-electron chi connectivity index (χ3n) is 3.75. The first kappa shape index (κ1) is 20.2. The molecule has 0 saturated heterocycles. The highest BCUT2D eigenvalue weighted by Gasteiger charge is 2.35. The summed E-state index contributed by atoms with van der Waals surface area (Å²) in [6.45, 7) is 0. The number of rotatable bonds is 2. The Labute approximate surface area is 169 Å². The molecule has 0 aliphatic rings. The summed E-state index contributed by atoms with van der Waals surface area (Å²) in [6.07, 6.45) is -4.93. The molecule has 0 bridgehead atoms. The summed E-state index contributed by atoms with van der Waals surface area (Å²) < 4.78 is 59.0. The van der Waals surface area contributed by atoms with Crippen molar-refractivity contribution in [3.05, 3.63) is 61.3 Å². The third-order valence-corrected chi connectivity index (χ3v) is 4.97. The van der Waals surface area contributed by atoms with E-state index in [2.05, 4.69) is 31.9 Å². The fourth-order valence-corrected chi connectivity index (χ4v) is 3.24. The van der Waals surface area contributed by atoms with E-state index in [1.165, 1.54) is 6.07 Å². The van der Waals surface area contributed by atoms with Gasteiger partial charge in [-0.3, -0.25) is 9.36 Å². The van der Waals surface area contributed by atoms with Crippen LogP contribution in [0.4, 0.5) is 17.6 Å². The second-order valence-electron chi connectivity index (χ2n) is 5.42. The van der Waals surface area contributed by atoms with Gasteiger partial charge in [0.2, 0.25) is 0 Å². The maximum absolute atomic E-state index is 14.6. The van der Waals surface area contributed by atoms with Gasteiger partial charge in [0.15, 0.2) is 11.4 Å². The van der Waals surface area contributed by atoms with E-state index in [0.717, 1.165) is 13.1 Å². The highest BCUT2D eigenvalue weighted by Crippen LogP contribution is 2.39. The van der Waals surface area contributed by atoms with Gasteiger partial charge in [-0.25, -0.2) is 13.8 Å². The molecule has 0 N–H and O–H groups in total. The maximum atomic E-state index is 14.6. The van der Waals surface area contributed by atoms with E-state index in [4.69, 9.17) is 16.0 Å². The quantitative estimate of drug-likeness (QED) is 0.348. The molecule has 144 valence electrons. The number of benzene rings is 1. The predicted octanol–water partition coefficient (Wildman–Crippen LogP) is 4.88. The Hall–Kier alpha value is -1.59. The monoisotopic (exact) mass is 532 g/mol. The van der Waals surface area contributed by atoms with Gasteiger partial charge in [-0.2, -0.15) is 13.2 Å². The number of halogens is 7. The Bertz CT molecular complexity index is 1180. The van der Waals surface area contributed by atoms with Crippen molar-refractivity contribution in [1.82, 2.24) is 9.13 Å². The first-order valence-electron chi connectivity index (χ1n) is 7.03. The zero-order valence-electron chi connectivity index (χ0n) is 13.1. The van der Waals surface area contributed by atoms with E-state index in [9.17, 15) is 27.2 Å². The molecule has 2 aromatic heterocycles. The van der Waals surface area contributed by atoms with E-state index in [1.807, 2.05) is 0 Å². The molecule has 0 fully saturated rings. The Kier molecular flexibility index (Phi) is 5.06. The van der Waals surface area contributed by atoms with Gasteiger partial charge in [0.25, 0.3) is 5.56 Å². The molecule has 0 atom stereocenters. The van der Waals surface area contributed by atoms with Crippen molar-refractivity contribution >= 4 is 54.4 Å². The van der Waals surface area contributed by atoms with E-state index in [1.54, 1.807) is 0 Å². The topological polar surface area (TPSA) is 57.1 Å². The lowest BCUT2D eigenvalue weighted by molar-refractivity contribution is -0.144. The summed E-state index contributed by atoms with van der Waals surface area (Å²) in [5, 5.41) is 0.125. The van der Waals surface area contributed by atoms with Crippen LogP contribution in [0.25, 0.3) is 16.7 Å². The van der Waals surface area contributed by atoms with Gasteiger partial charge in [0.1, 0.15) is 20.9 Å². The lowest BCUT2D eigenvalue weighted by Crippen LogP contribution is -2.41. The molecular formula is C15H7Br2ClF4N2O3. The van der Waals surface area contributed by atoms with Crippen LogP contribution in [0.5, 0.6) is 0 Å². The van der Waals surface area contributed by atoms with Gasteiger partial charge >= 0.3 is 11.9 Å². The van der Waals surface area contributed by atoms with E-state index >= 15 is 0 Å². The first-order valence-corrected chi connectivity index (χ1v) is 9.24. The van der Waals surface area contributed by atoms with Crippen LogP contribution in [0.2, 0.25) is 5.02 Å². The minimum atomic E-state index is -4.93. The predicted molar refractivity (Wildman–Crippen MR) is 97.6 cm³/mol. The minimum Gasteiger partial charge on any atom is -0.457 e. The van der Waals surface area contributed by atoms with Crippen molar-refractivity contribution < 1.29 is 22.0 Å². The molecule has 2 heterocycles. The van der Waals surface area contributed by atoms with Crippen molar-refractivity contribution in [1.29, 1.82) is 0 Å². The van der Waals surface area contributed by atoms with Crippen LogP contribution in [-0.4, -0.2) is 9.13 Å². The molecule has 27 heavy (non-hydrogen) atoms. The number of hydrogen-bond acceptors (Lipinski definition) is 3. The Morgan fingerprint density at radius 1 is 1.19 bits per heavy atom. The van der Waals surface area contributed by atoms with Gasteiger partial charge in [0, 0.05) is 18.5 Å². The van der Waals surface area contributed by atoms with Crippen LogP contribution in [0.3, 0.4) is 0 Å². The molecule has 0 aliphatic heterocycles. The standard InChI is InChI=1S/C15H7Br2ClF4N2O3/c1-23-9(15(20,21)22)4-10(25)24(14(23)26)11-7(19)3-6(18)5-2-8(13(16)17)27-12(5)11/h2-4,13H,1H3. The average Bonchev–Trinajstić information content (AvgIpc) is 2.98. The largest absolute Gasteiger partial charge is 0.457 e. The fourth-order valence-electron chi connectivity index (χ4n) is 2.55. The highest BCUT2D eigenvalue weighted by atomic mass is 79.9. The van der Waals surface area contributed by atoms with Crippen molar-refractivity contribution in [3.63, 3.8) is 0 Å². The molecule has 0 saturated carbocycles. The van der Waals surface area contributed by atoms with E-state index in [-0.39, 0.29) is 37.0 Å². The summed E-state index contributed by atoms with van der Waals surface area (Å²) in [7, 11) is 0.826. The number of aromatic nitrogens is 2. The fraction of sp³-hybridized carbons (Fsp3) is 0.200. The number of fused-ring (bicyclic) bond motifs is 1. The lowest BCUT2D eigenvalue weighted by Gasteiger charge is -2.14. The van der Waals surface area contributed by atoms with E-state index < -0.39 is 38.4 Å². The summed E-state index contributed by atoms with van der Waals surface area (Å²) in [4.78, 5) is 24.7. The molecule has 5 nitrogen and oxygen atoms in total. The SMILES string of the molecule is Cn1c(C(F)(F)F)cc(=O)n(-c2c(F)cc(Cl)c3cc(C(Br)Br)oc23)c1=O. The maximum Gasteiger partial charge on any atom is 0.431 e. The molecule has 1 aromatic carbocycles. The Balaban J connectivity index is 2.45. The van der Waals surface area contributed by atoms with Crippen molar-refractivity contribution in [2.45, 2.75) is 9.91 Å². The summed E-state index contributed by atoms with van der Waals surface area (Å²) >= 11 is 12.4. The van der Waals surface area contributed by atoms with Crippen LogP contribution in [0.15, 0.2) is 32.2 Å². The molecule has 0 radical (unpaired) electrons. The minimum absolute atomic E-state index is 0.0568. The van der Waals surface area contributed by atoms with Gasteiger partial charge in [0.05, 0.1) is 5.02 Å². The van der Waals surface area contributed by atoms with Crippen LogP contribution < -0.4 is 11.2 Å². The average molecular weight is 534 g/mol. The first-order chi connectivity index (χ1) is 12.4. The molecule has 0 aliphatic carbocycles. The molecule has 0 spiro atoms. The second kappa shape index (κ2) is 6.78. The molecule has 12 heteroatoms. The van der Waals surface area contributed by atoms with Crippen molar-refractivity contribution in [2.75, 3.05) is 0 Å². The summed E-state index contributed by atoms with van der Waals surface area (Å²) in [5.74, 6) is -0.858. The van der Waals surface area contributed by atoms with Crippen molar-refractivity contribution in [3.8, 4) is 5.69 Å². The second-order valence-corrected chi connectivity index (χ2v) is 8.89. The number of hydrogen-bond donors (Lipinski definition) is 0. The van der Waals surface area contributed by atoms with Gasteiger partial charge < -0.3 is 4.42 Å². The normalized spacial score (nSPS) is 12.3. The molecular weight excluding hydrogens is 527 g/mol. The summed E-state index contributed by atoms with van der Waals surface area (Å²) in [6, 6.07) is 2.50. The van der Waals surface area contributed by atoms with Crippen molar-refractivity contribution in [2.24, 2.45) is 7.05 Å². The smallest absolute Gasteiger partial charge is 0.431 e. The van der Waals surface area contributed by atoms with Crippen LogP contribution in [0.1, 0.15) is 15.2 Å². The Morgan fingerprint density at radius 3 is 2.37 bits per heavy atom. The van der Waals surface area contributed by atoms with Crippen LogP contribution >= 0.6 is 43.5 Å². The highest BCUT2D eigenvalue weighted by molar-refractivity contribution is 9.24. The molecule has 0 amide bonds. The van der Waals surface area contributed by atoms with Gasteiger partial charge in [-0.15, -0.1) is 0 Å². The van der Waals surface area contributed by atoms with Crippen LogP contribution in [0, 0.1) is 5.82 Å². The molecule has 0 unspecified atom stereocenters. The van der Waals surface area contributed by atoms with Gasteiger partial charge in [-0.1, -0.05) is 43.5 Å². The van der Waals surface area contributed by atoms with Crippen LogP contribution in [-0.2, 0) is 13.2 Å². The number of nitrogens with zero attached hydrogens (tertiary/aromatic N) is 2. The zero-order chi connectivity index (χ0) is 20.3. The number of alkyl halides is 5. The number of furan rings is 1. The third kappa shape index (κ3) is 3.36. The molecule has 3 rings (SSSR count). The Morgan fingerprint density at radius 2 is 1.81 bits per heavy atom. The summed E-state index contributed by atoms with van der Waals surface area (Å²) in [5.41, 5.74) is -5.08. The zero-order valence-corrected chi connectivity index (χ0v) is 17.0. The van der Waals surface area contributed by atoms with E-state index in [0.29, 0.717) is 0 Å². The lowest BCUT2D eigenvalue weighted by atomic mass is 10.2.